The molecule has 2 N–H and O–H groups in total. The number of carbonyl (C=O) groups excluding carboxylic acids is 1. The molecule has 1 aromatic rings. The van der Waals surface area contributed by atoms with Gasteiger partial charge in [0.05, 0.1) is 6.54 Å². The average molecular weight is 352 g/mol. The zero-order chi connectivity index (χ0) is 16.3. The van der Waals surface area contributed by atoms with Gasteiger partial charge in [-0.1, -0.05) is 37.5 Å². The summed E-state index contributed by atoms with van der Waals surface area (Å²) in [5, 5.41) is 6.69. The number of piperazine rings is 1. The summed E-state index contributed by atoms with van der Waals surface area (Å²) < 4.78 is 0. The van der Waals surface area contributed by atoms with Crippen LogP contribution in [0.3, 0.4) is 0 Å². The number of halogens is 1. The third kappa shape index (κ3) is 4.11. The maximum Gasteiger partial charge on any atom is 0.238 e. The van der Waals surface area contributed by atoms with E-state index in [0.29, 0.717) is 6.54 Å². The molecule has 1 aliphatic carbocycles. The highest BCUT2D eigenvalue weighted by atomic mass is 35.5. The van der Waals surface area contributed by atoms with Gasteiger partial charge in [0.15, 0.2) is 0 Å². The second-order valence-corrected chi connectivity index (χ2v) is 7.20. The summed E-state index contributed by atoms with van der Waals surface area (Å²) in [7, 11) is 0. The summed E-state index contributed by atoms with van der Waals surface area (Å²) >= 11 is 0. The summed E-state index contributed by atoms with van der Waals surface area (Å²) in [5.74, 6) is 0.120. The average Bonchev–Trinajstić information content (AvgIpc) is 2.54. The van der Waals surface area contributed by atoms with Crippen molar-refractivity contribution in [2.24, 2.45) is 0 Å². The first kappa shape index (κ1) is 19.2. The lowest BCUT2D eigenvalue weighted by molar-refractivity contribution is -0.120. The Bertz CT molecular complexity index is 541. The van der Waals surface area contributed by atoms with E-state index >= 15 is 0 Å². The van der Waals surface area contributed by atoms with Gasteiger partial charge in [-0.2, -0.15) is 0 Å². The summed E-state index contributed by atoms with van der Waals surface area (Å²) in [4.78, 5) is 15.1. The van der Waals surface area contributed by atoms with Crippen molar-refractivity contribution in [2.75, 3.05) is 31.5 Å². The highest BCUT2D eigenvalue weighted by molar-refractivity contribution is 5.93. The molecule has 2 aliphatic rings. The fraction of sp³-hybridized carbons (Fsp3) is 0.632. The van der Waals surface area contributed by atoms with Crippen LogP contribution in [0.2, 0.25) is 0 Å². The van der Waals surface area contributed by atoms with Crippen LogP contribution in [0.15, 0.2) is 18.2 Å². The highest BCUT2D eigenvalue weighted by Crippen LogP contribution is 2.34. The fourth-order valence-corrected chi connectivity index (χ4v) is 4.20. The van der Waals surface area contributed by atoms with Crippen LogP contribution in [0.4, 0.5) is 5.69 Å². The van der Waals surface area contributed by atoms with Crippen LogP contribution < -0.4 is 10.6 Å². The van der Waals surface area contributed by atoms with Gasteiger partial charge in [-0.25, -0.2) is 0 Å². The maximum atomic E-state index is 12.6. The second-order valence-electron chi connectivity index (χ2n) is 7.20. The van der Waals surface area contributed by atoms with E-state index in [1.807, 2.05) is 6.07 Å². The molecule has 134 valence electrons. The molecule has 1 saturated carbocycles. The Labute approximate surface area is 151 Å². The quantitative estimate of drug-likeness (QED) is 0.878. The smallest absolute Gasteiger partial charge is 0.238 e. The van der Waals surface area contributed by atoms with Gasteiger partial charge < -0.3 is 10.6 Å². The fourth-order valence-electron chi connectivity index (χ4n) is 4.20. The van der Waals surface area contributed by atoms with E-state index in [9.17, 15) is 4.79 Å². The number of rotatable bonds is 3. The van der Waals surface area contributed by atoms with Crippen molar-refractivity contribution in [3.05, 3.63) is 29.3 Å². The molecule has 0 radical (unpaired) electrons. The summed E-state index contributed by atoms with van der Waals surface area (Å²) in [6.07, 6.45) is 6.35. The third-order valence-corrected chi connectivity index (χ3v) is 5.55. The van der Waals surface area contributed by atoms with Crippen LogP contribution in [0.1, 0.15) is 43.2 Å². The van der Waals surface area contributed by atoms with Gasteiger partial charge in [-0.15, -0.1) is 12.4 Å². The van der Waals surface area contributed by atoms with Crippen molar-refractivity contribution in [1.29, 1.82) is 0 Å². The summed E-state index contributed by atoms with van der Waals surface area (Å²) in [6, 6.07) is 6.14. The van der Waals surface area contributed by atoms with E-state index in [1.165, 1.54) is 32.1 Å². The van der Waals surface area contributed by atoms with E-state index in [1.54, 1.807) is 0 Å². The number of carbonyl (C=O) groups is 1. The van der Waals surface area contributed by atoms with Crippen LogP contribution in [-0.4, -0.2) is 42.5 Å². The van der Waals surface area contributed by atoms with Crippen LogP contribution in [0, 0.1) is 13.8 Å². The van der Waals surface area contributed by atoms with Crippen molar-refractivity contribution >= 4 is 24.0 Å². The topological polar surface area (TPSA) is 44.4 Å². The lowest BCUT2D eigenvalue weighted by Gasteiger charge is -2.49. The molecule has 0 bridgehead atoms. The van der Waals surface area contributed by atoms with Crippen LogP contribution in [0.5, 0.6) is 0 Å². The number of nitrogens with one attached hydrogen (secondary N) is 2. The Morgan fingerprint density at radius 3 is 2.54 bits per heavy atom. The van der Waals surface area contributed by atoms with E-state index < -0.39 is 0 Å². The third-order valence-electron chi connectivity index (χ3n) is 5.55. The van der Waals surface area contributed by atoms with Gasteiger partial charge in [0, 0.05) is 30.9 Å². The van der Waals surface area contributed by atoms with Gasteiger partial charge >= 0.3 is 0 Å². The lowest BCUT2D eigenvalue weighted by atomic mass is 9.79. The molecule has 1 heterocycles. The van der Waals surface area contributed by atoms with E-state index in [-0.39, 0.29) is 23.9 Å². The number of amides is 1. The Balaban J connectivity index is 0.00000208. The molecule has 0 aromatic heterocycles. The lowest BCUT2D eigenvalue weighted by Crippen LogP contribution is -2.63. The Morgan fingerprint density at radius 1 is 1.21 bits per heavy atom. The zero-order valence-corrected chi connectivity index (χ0v) is 15.7. The molecule has 3 rings (SSSR count). The van der Waals surface area contributed by atoms with Crippen molar-refractivity contribution in [3.8, 4) is 0 Å². The van der Waals surface area contributed by atoms with Crippen LogP contribution >= 0.6 is 12.4 Å². The van der Waals surface area contributed by atoms with E-state index in [2.05, 4.69) is 41.5 Å². The minimum absolute atomic E-state index is 0. The molecule has 1 spiro atoms. The van der Waals surface area contributed by atoms with Gasteiger partial charge in [0.1, 0.15) is 0 Å². The number of hydrogen-bond acceptors (Lipinski definition) is 3. The molecule has 24 heavy (non-hydrogen) atoms. The number of benzene rings is 1. The molecule has 0 unspecified atom stereocenters. The number of para-hydroxylation sites is 1. The SMILES string of the molecule is Cc1cccc(C)c1NC(=O)CN1CCNCC12CCCCC2.Cl. The standard InChI is InChI=1S/C19H29N3O.ClH/c1-15-7-6-8-16(2)18(15)21-17(23)13-22-12-11-20-14-19(22)9-4-3-5-10-19;/h6-8,20H,3-5,9-14H2,1-2H3,(H,21,23);1H. The van der Waals surface area contributed by atoms with Crippen molar-refractivity contribution < 1.29 is 4.79 Å². The van der Waals surface area contributed by atoms with Crippen molar-refractivity contribution in [1.82, 2.24) is 10.2 Å². The molecule has 1 amide bonds. The minimum atomic E-state index is 0. The first-order valence-corrected chi connectivity index (χ1v) is 8.93. The summed E-state index contributed by atoms with van der Waals surface area (Å²) in [5.41, 5.74) is 3.44. The molecule has 2 fully saturated rings. The van der Waals surface area contributed by atoms with Crippen molar-refractivity contribution in [3.63, 3.8) is 0 Å². The van der Waals surface area contributed by atoms with Gasteiger partial charge in [-0.05, 0) is 37.8 Å². The zero-order valence-electron chi connectivity index (χ0n) is 14.9. The van der Waals surface area contributed by atoms with Crippen LogP contribution in [0.25, 0.3) is 0 Å². The van der Waals surface area contributed by atoms with Crippen molar-refractivity contribution in [2.45, 2.75) is 51.5 Å². The number of hydrogen-bond donors (Lipinski definition) is 2. The summed E-state index contributed by atoms with van der Waals surface area (Å²) in [6.45, 7) is 7.60. The molecular formula is C19H30ClN3O. The maximum absolute atomic E-state index is 12.6. The predicted molar refractivity (Wildman–Crippen MR) is 102 cm³/mol. The van der Waals surface area contributed by atoms with Gasteiger partial charge in [-0.3, -0.25) is 9.69 Å². The Morgan fingerprint density at radius 2 is 1.88 bits per heavy atom. The van der Waals surface area contributed by atoms with E-state index in [0.717, 1.165) is 36.4 Å². The number of nitrogens with zero attached hydrogens (tertiary/aromatic N) is 1. The first-order chi connectivity index (χ1) is 11.1. The Kier molecular flexibility index (Phi) is 6.67. The largest absolute Gasteiger partial charge is 0.324 e. The van der Waals surface area contributed by atoms with E-state index in [4.69, 9.17) is 0 Å². The predicted octanol–water partition coefficient (Wildman–Crippen LogP) is 3.27. The molecular weight excluding hydrogens is 322 g/mol. The monoisotopic (exact) mass is 351 g/mol. The molecule has 5 heteroatoms. The highest BCUT2D eigenvalue weighted by Gasteiger charge is 2.40. The normalized spacial score (nSPS) is 20.4. The van der Waals surface area contributed by atoms with Crippen LogP contribution in [-0.2, 0) is 4.79 Å². The molecule has 4 nitrogen and oxygen atoms in total. The van der Waals surface area contributed by atoms with Gasteiger partial charge in [0.25, 0.3) is 0 Å². The van der Waals surface area contributed by atoms with Gasteiger partial charge in [0.2, 0.25) is 5.91 Å². The molecule has 0 atom stereocenters. The minimum Gasteiger partial charge on any atom is -0.324 e. The first-order valence-electron chi connectivity index (χ1n) is 8.93. The second kappa shape index (κ2) is 8.32. The molecule has 1 saturated heterocycles. The Hall–Kier alpha value is -1.10. The number of aryl methyl sites for hydroxylation is 2. The molecule has 1 aromatic carbocycles. The molecule has 1 aliphatic heterocycles. The number of anilines is 1.